The smallest absolute Gasteiger partial charge is 0.328 e. The molecule has 1 aliphatic heterocycles. The van der Waals surface area contributed by atoms with Crippen molar-refractivity contribution in [1.82, 2.24) is 4.98 Å². The Morgan fingerprint density at radius 1 is 1.03 bits per heavy atom. The molecule has 1 aromatic heterocycles. The fourth-order valence-corrected chi connectivity index (χ4v) is 4.45. The van der Waals surface area contributed by atoms with E-state index in [0.29, 0.717) is 33.8 Å². The highest BCUT2D eigenvalue weighted by atomic mass is 19.1. The Balaban J connectivity index is 1.39. The third-order valence-electron chi connectivity index (χ3n) is 6.62. The number of rotatable bonds is 6. The molecule has 7 heteroatoms. The van der Waals surface area contributed by atoms with E-state index >= 15 is 0 Å². The number of carboxylic acids is 1. The Hall–Kier alpha value is -4.26. The Kier molecular flexibility index (Phi) is 5.60. The van der Waals surface area contributed by atoms with Crippen molar-refractivity contribution in [3.05, 3.63) is 78.1 Å². The van der Waals surface area contributed by atoms with Crippen molar-refractivity contribution in [3.63, 3.8) is 0 Å². The first kappa shape index (κ1) is 22.2. The minimum absolute atomic E-state index is 0.0678. The highest BCUT2D eigenvalue weighted by Crippen LogP contribution is 2.36. The molecule has 180 valence electrons. The van der Waals surface area contributed by atoms with Crippen LogP contribution >= 0.6 is 0 Å². The summed E-state index contributed by atoms with van der Waals surface area (Å²) in [6, 6.07) is 19.5. The molecular formula is C29H24FN3O3. The maximum atomic E-state index is 14.1. The minimum atomic E-state index is -1.02. The summed E-state index contributed by atoms with van der Waals surface area (Å²) in [7, 11) is 0. The van der Waals surface area contributed by atoms with E-state index in [2.05, 4.69) is 22.4 Å². The zero-order valence-electron chi connectivity index (χ0n) is 19.4. The number of ether oxygens (including phenoxy) is 1. The van der Waals surface area contributed by atoms with Crippen LogP contribution in [0.2, 0.25) is 0 Å². The average Bonchev–Trinajstić information content (AvgIpc) is 3.74. The SMILES string of the molecule is O=C(O)C1CN=Cc2c(-c3ccc(-c4cccc(OCC5CC5)c4)cc3)nc3ccc(F)cc3c2N1. The van der Waals surface area contributed by atoms with Crippen molar-refractivity contribution in [2.75, 3.05) is 18.5 Å². The van der Waals surface area contributed by atoms with Gasteiger partial charge in [-0.05, 0) is 60.2 Å². The van der Waals surface area contributed by atoms with E-state index in [0.717, 1.165) is 29.0 Å². The molecule has 6 nitrogen and oxygen atoms in total. The van der Waals surface area contributed by atoms with Gasteiger partial charge >= 0.3 is 5.97 Å². The predicted octanol–water partition coefficient (Wildman–Crippen LogP) is 5.79. The van der Waals surface area contributed by atoms with Crippen molar-refractivity contribution in [2.45, 2.75) is 18.9 Å². The van der Waals surface area contributed by atoms with Crippen molar-refractivity contribution in [1.29, 1.82) is 0 Å². The van der Waals surface area contributed by atoms with Crippen molar-refractivity contribution in [3.8, 4) is 28.1 Å². The average molecular weight is 482 g/mol. The molecule has 6 rings (SSSR count). The molecule has 36 heavy (non-hydrogen) atoms. The van der Waals surface area contributed by atoms with Crippen LogP contribution in [0.25, 0.3) is 33.3 Å². The molecule has 2 heterocycles. The molecule has 2 aliphatic rings. The summed E-state index contributed by atoms with van der Waals surface area (Å²) >= 11 is 0. The van der Waals surface area contributed by atoms with Gasteiger partial charge in [0.15, 0.2) is 0 Å². The maximum absolute atomic E-state index is 14.1. The van der Waals surface area contributed by atoms with Crippen LogP contribution in [0.4, 0.5) is 10.1 Å². The molecule has 3 aromatic carbocycles. The summed E-state index contributed by atoms with van der Waals surface area (Å²) in [4.78, 5) is 20.8. The van der Waals surface area contributed by atoms with Crippen LogP contribution in [0, 0.1) is 11.7 Å². The molecule has 1 atom stereocenters. The van der Waals surface area contributed by atoms with E-state index in [-0.39, 0.29) is 6.54 Å². The molecule has 1 saturated carbocycles. The summed E-state index contributed by atoms with van der Waals surface area (Å²) < 4.78 is 20.0. The number of carbonyl (C=O) groups is 1. The molecule has 0 spiro atoms. The fraction of sp³-hybridized carbons (Fsp3) is 0.207. The Morgan fingerprint density at radius 3 is 2.61 bits per heavy atom. The number of hydrogen-bond donors (Lipinski definition) is 2. The standard InChI is InChI=1S/C29H24FN3O3/c30-21-10-11-25-23(13-21)28-24(14-31-15-26(33-28)29(34)35)27(32-25)19-8-6-18(7-9-19)20-2-1-3-22(12-20)36-16-17-4-5-17/h1-3,6-14,17,26,33H,4-5,15-16H2,(H,34,35). The molecule has 1 unspecified atom stereocenters. The Morgan fingerprint density at radius 2 is 1.83 bits per heavy atom. The lowest BCUT2D eigenvalue weighted by atomic mass is 9.98. The van der Waals surface area contributed by atoms with Gasteiger partial charge in [-0.1, -0.05) is 36.4 Å². The number of fused-ring (bicyclic) bond motifs is 3. The first-order valence-corrected chi connectivity index (χ1v) is 12.0. The second kappa shape index (κ2) is 9.07. The third-order valence-corrected chi connectivity index (χ3v) is 6.62. The number of benzene rings is 3. The number of halogens is 1. The number of hydrogen-bond acceptors (Lipinski definition) is 5. The molecule has 2 N–H and O–H groups in total. The van der Waals surface area contributed by atoms with Gasteiger partial charge < -0.3 is 15.2 Å². The van der Waals surface area contributed by atoms with Crippen LogP contribution in [0.1, 0.15) is 18.4 Å². The monoisotopic (exact) mass is 481 g/mol. The first-order chi connectivity index (χ1) is 17.5. The number of aliphatic imine (C=N–C) groups is 1. The first-order valence-electron chi connectivity index (χ1n) is 12.0. The largest absolute Gasteiger partial charge is 0.493 e. The van der Waals surface area contributed by atoms with Crippen LogP contribution < -0.4 is 10.1 Å². The van der Waals surface area contributed by atoms with E-state index in [1.54, 1.807) is 12.3 Å². The Bertz CT molecular complexity index is 1500. The number of aromatic nitrogens is 1. The summed E-state index contributed by atoms with van der Waals surface area (Å²) in [6.07, 6.45) is 4.13. The lowest BCUT2D eigenvalue weighted by Gasteiger charge is -2.18. The van der Waals surface area contributed by atoms with Gasteiger partial charge in [-0.2, -0.15) is 0 Å². The molecule has 0 bridgehead atoms. The zero-order chi connectivity index (χ0) is 24.6. The lowest BCUT2D eigenvalue weighted by Crippen LogP contribution is -2.31. The molecule has 0 saturated heterocycles. The van der Waals surface area contributed by atoms with Crippen LogP contribution in [-0.4, -0.2) is 41.5 Å². The van der Waals surface area contributed by atoms with Gasteiger partial charge in [0.25, 0.3) is 0 Å². The van der Waals surface area contributed by atoms with Crippen LogP contribution in [0.15, 0.2) is 71.7 Å². The number of carboxylic acid groups (broad SMARTS) is 1. The molecule has 1 aliphatic carbocycles. The summed E-state index contributed by atoms with van der Waals surface area (Å²) in [6.45, 7) is 0.835. The highest BCUT2D eigenvalue weighted by Gasteiger charge is 2.25. The van der Waals surface area contributed by atoms with Crippen LogP contribution in [0.5, 0.6) is 5.75 Å². The van der Waals surface area contributed by atoms with E-state index in [9.17, 15) is 14.3 Å². The molecular weight excluding hydrogens is 457 g/mol. The molecule has 1 fully saturated rings. The van der Waals surface area contributed by atoms with Gasteiger partial charge in [0, 0.05) is 22.7 Å². The van der Waals surface area contributed by atoms with Gasteiger partial charge in [0.2, 0.25) is 0 Å². The van der Waals surface area contributed by atoms with Gasteiger partial charge in [-0.3, -0.25) is 4.99 Å². The number of anilines is 1. The number of nitrogens with one attached hydrogen (secondary N) is 1. The molecule has 4 aromatic rings. The van der Waals surface area contributed by atoms with Gasteiger partial charge in [-0.15, -0.1) is 0 Å². The van der Waals surface area contributed by atoms with E-state index < -0.39 is 17.8 Å². The fourth-order valence-electron chi connectivity index (χ4n) is 4.45. The second-order valence-corrected chi connectivity index (χ2v) is 9.30. The lowest BCUT2D eigenvalue weighted by molar-refractivity contribution is -0.137. The van der Waals surface area contributed by atoms with Crippen LogP contribution in [-0.2, 0) is 4.79 Å². The van der Waals surface area contributed by atoms with Crippen LogP contribution in [0.3, 0.4) is 0 Å². The van der Waals surface area contributed by atoms with Crippen molar-refractivity contribution in [2.24, 2.45) is 10.9 Å². The number of aliphatic carboxylic acids is 1. The summed E-state index contributed by atoms with van der Waals surface area (Å²) in [5.41, 5.74) is 5.34. The van der Waals surface area contributed by atoms with Gasteiger partial charge in [-0.25, -0.2) is 14.2 Å². The topological polar surface area (TPSA) is 83.8 Å². The van der Waals surface area contributed by atoms with E-state index in [4.69, 9.17) is 9.72 Å². The zero-order valence-corrected chi connectivity index (χ0v) is 19.4. The maximum Gasteiger partial charge on any atom is 0.328 e. The van der Waals surface area contributed by atoms with Crippen molar-refractivity contribution >= 4 is 28.8 Å². The normalized spacial score (nSPS) is 16.8. The highest BCUT2D eigenvalue weighted by molar-refractivity contribution is 6.07. The number of nitrogens with zero attached hydrogens (tertiary/aromatic N) is 2. The number of pyridine rings is 1. The summed E-state index contributed by atoms with van der Waals surface area (Å²) in [5, 5.41) is 13.2. The Labute approximate surface area is 207 Å². The third kappa shape index (κ3) is 4.40. The van der Waals surface area contributed by atoms with E-state index in [1.807, 2.05) is 36.4 Å². The summed E-state index contributed by atoms with van der Waals surface area (Å²) in [5.74, 6) is 0.128. The predicted molar refractivity (Wildman–Crippen MR) is 138 cm³/mol. The minimum Gasteiger partial charge on any atom is -0.493 e. The second-order valence-electron chi connectivity index (χ2n) is 9.30. The van der Waals surface area contributed by atoms with Crippen molar-refractivity contribution < 1.29 is 19.0 Å². The quantitative estimate of drug-likeness (QED) is 0.364. The van der Waals surface area contributed by atoms with Gasteiger partial charge in [0.1, 0.15) is 17.6 Å². The van der Waals surface area contributed by atoms with E-state index in [1.165, 1.54) is 25.0 Å². The van der Waals surface area contributed by atoms with Gasteiger partial charge in [0.05, 0.1) is 30.0 Å². The molecule has 0 amide bonds. The molecule has 0 radical (unpaired) electrons.